The summed E-state index contributed by atoms with van der Waals surface area (Å²) < 4.78 is 0. The summed E-state index contributed by atoms with van der Waals surface area (Å²) in [6.07, 6.45) is 4.29. The Morgan fingerprint density at radius 1 is 0.367 bits per heavy atom. The Labute approximate surface area is 354 Å². The molecule has 0 aromatic heterocycles. The van der Waals surface area contributed by atoms with E-state index in [1.807, 2.05) is 0 Å². The molecule has 0 radical (unpaired) electrons. The topological polar surface area (TPSA) is 0 Å². The third kappa shape index (κ3) is 6.06. The Kier molecular flexibility index (Phi) is 9.01. The first-order valence-corrected chi connectivity index (χ1v) is 21.4. The minimum Gasteiger partial charge on any atom is -0.0639 e. The second kappa shape index (κ2) is 15.0. The Morgan fingerprint density at radius 2 is 0.883 bits per heavy atom. The van der Waals surface area contributed by atoms with Crippen LogP contribution in [0.1, 0.15) is 74.4 Å². The molecular weight excluding hydrogens is 721 g/mol. The van der Waals surface area contributed by atoms with E-state index in [4.69, 9.17) is 0 Å². The maximum Gasteiger partial charge on any atom is 0.0418 e. The predicted molar refractivity (Wildman–Crippen MR) is 252 cm³/mol. The number of hydrogen-bond donors (Lipinski definition) is 0. The van der Waals surface area contributed by atoms with E-state index in [-0.39, 0.29) is 11.8 Å². The van der Waals surface area contributed by atoms with Gasteiger partial charge in [-0.15, -0.1) is 0 Å². The molecule has 0 saturated heterocycles. The van der Waals surface area contributed by atoms with E-state index < -0.39 is 5.41 Å². The number of benzene rings is 9. The van der Waals surface area contributed by atoms with Gasteiger partial charge < -0.3 is 0 Å². The molecule has 60 heavy (non-hydrogen) atoms. The lowest BCUT2D eigenvalue weighted by Gasteiger charge is -2.47. The first kappa shape index (κ1) is 36.1. The van der Waals surface area contributed by atoms with E-state index in [2.05, 4.69) is 231 Å². The molecule has 0 aliphatic heterocycles. The molecule has 1 unspecified atom stereocenters. The molecule has 0 saturated carbocycles. The zero-order chi connectivity index (χ0) is 40.0. The largest absolute Gasteiger partial charge is 0.0639 e. The van der Waals surface area contributed by atoms with Gasteiger partial charge in [-0.2, -0.15) is 0 Å². The van der Waals surface area contributed by atoms with Crippen LogP contribution in [-0.2, 0) is 18.3 Å². The molecule has 2 aliphatic rings. The molecule has 0 bridgehead atoms. The van der Waals surface area contributed by atoms with Crippen molar-refractivity contribution in [2.45, 2.75) is 37.0 Å². The van der Waals surface area contributed by atoms with Gasteiger partial charge in [0.2, 0.25) is 0 Å². The molecule has 0 fully saturated rings. The summed E-state index contributed by atoms with van der Waals surface area (Å²) in [6.45, 7) is 2.39. The highest BCUT2D eigenvalue weighted by molar-refractivity contribution is 5.91. The van der Waals surface area contributed by atoms with Gasteiger partial charge in [0.05, 0.1) is 0 Å². The fraction of sp³-hybridized carbons (Fsp3) is 0.100. The van der Waals surface area contributed by atoms with E-state index in [9.17, 15) is 0 Å². The molecule has 0 heteroatoms. The zero-order valence-electron chi connectivity index (χ0n) is 33.9. The van der Waals surface area contributed by atoms with Gasteiger partial charge in [0.15, 0.2) is 0 Å². The third-order valence-corrected chi connectivity index (χ3v) is 13.4. The number of hydrogen-bond acceptors (Lipinski definition) is 0. The normalized spacial score (nSPS) is 14.4. The molecule has 1 atom stereocenters. The second-order valence-electron chi connectivity index (χ2n) is 16.9. The molecule has 0 N–H and O–H groups in total. The smallest absolute Gasteiger partial charge is 0.0418 e. The van der Waals surface area contributed by atoms with Crippen molar-refractivity contribution >= 4 is 16.8 Å². The van der Waals surface area contributed by atoms with Gasteiger partial charge in [0, 0.05) is 17.3 Å². The molecule has 0 amide bonds. The van der Waals surface area contributed by atoms with Crippen LogP contribution >= 0.6 is 0 Å². The maximum atomic E-state index is 2.56. The predicted octanol–water partition coefficient (Wildman–Crippen LogP) is 15.0. The lowest BCUT2D eigenvalue weighted by molar-refractivity contribution is 0.405. The number of fused-ring (bicyclic) bond motifs is 5. The van der Waals surface area contributed by atoms with Crippen LogP contribution in [0.25, 0.3) is 39.1 Å². The number of rotatable bonds is 9. The lowest BCUT2D eigenvalue weighted by atomic mass is 9.54. The van der Waals surface area contributed by atoms with Crippen molar-refractivity contribution < 1.29 is 0 Å². The molecular formula is C60H46. The van der Waals surface area contributed by atoms with Crippen LogP contribution in [-0.4, -0.2) is 0 Å². The fourth-order valence-electron chi connectivity index (χ4n) is 10.9. The van der Waals surface area contributed by atoms with Gasteiger partial charge in [-0.25, -0.2) is 0 Å². The van der Waals surface area contributed by atoms with E-state index >= 15 is 0 Å². The summed E-state index contributed by atoms with van der Waals surface area (Å²) in [4.78, 5) is 0. The molecule has 286 valence electrons. The van der Waals surface area contributed by atoms with E-state index in [0.717, 1.165) is 12.8 Å². The van der Waals surface area contributed by atoms with Crippen LogP contribution < -0.4 is 0 Å². The van der Waals surface area contributed by atoms with Crippen molar-refractivity contribution in [3.63, 3.8) is 0 Å². The molecule has 11 rings (SSSR count). The van der Waals surface area contributed by atoms with Crippen LogP contribution in [0.3, 0.4) is 0 Å². The minimum atomic E-state index is -0.507. The van der Waals surface area contributed by atoms with E-state index in [1.54, 1.807) is 0 Å². The van der Waals surface area contributed by atoms with Crippen molar-refractivity contribution in [2.75, 3.05) is 0 Å². The van der Waals surface area contributed by atoms with Gasteiger partial charge in [-0.1, -0.05) is 224 Å². The highest BCUT2D eigenvalue weighted by Crippen LogP contribution is 2.65. The van der Waals surface area contributed by atoms with E-state index in [1.165, 1.54) is 94.2 Å². The van der Waals surface area contributed by atoms with Crippen LogP contribution in [0, 0.1) is 0 Å². The SMILES string of the molecule is CC1=Cc2c(-c3ccc4ccccc4c3)cccc2C1C(c1ccccc1)(c1ccccc1)C1c2cc(Cc3ccccc3)ccc2-c2ccc(Cc3ccccc3)cc21. The summed E-state index contributed by atoms with van der Waals surface area (Å²) >= 11 is 0. The summed E-state index contributed by atoms with van der Waals surface area (Å²) in [5, 5.41) is 2.53. The summed E-state index contributed by atoms with van der Waals surface area (Å²) in [5.41, 5.74) is 19.7. The monoisotopic (exact) mass is 766 g/mol. The molecule has 2 aliphatic carbocycles. The number of allylic oxidation sites excluding steroid dienone is 1. The Bertz CT molecular complexity index is 2900. The maximum absolute atomic E-state index is 2.56. The average Bonchev–Trinajstić information content (AvgIpc) is 3.82. The van der Waals surface area contributed by atoms with E-state index in [0.29, 0.717) is 0 Å². The Balaban J connectivity index is 1.19. The minimum absolute atomic E-state index is 0.0161. The van der Waals surface area contributed by atoms with Crippen LogP contribution in [0.4, 0.5) is 0 Å². The zero-order valence-corrected chi connectivity index (χ0v) is 33.9. The lowest BCUT2D eigenvalue weighted by Crippen LogP contribution is -2.41. The summed E-state index contributed by atoms with van der Waals surface area (Å²) in [6, 6.07) is 82.3. The van der Waals surface area contributed by atoms with Gasteiger partial charge >= 0.3 is 0 Å². The van der Waals surface area contributed by atoms with Crippen molar-refractivity contribution in [3.8, 4) is 22.3 Å². The first-order valence-electron chi connectivity index (χ1n) is 21.4. The Hall–Kier alpha value is -7.02. The molecule has 0 spiro atoms. The van der Waals surface area contributed by atoms with Crippen LogP contribution in [0.15, 0.2) is 224 Å². The molecule has 9 aromatic rings. The van der Waals surface area contributed by atoms with Gasteiger partial charge in [-0.05, 0) is 114 Å². The quantitative estimate of drug-likeness (QED) is 0.137. The van der Waals surface area contributed by atoms with Crippen LogP contribution in [0.2, 0.25) is 0 Å². The highest BCUT2D eigenvalue weighted by Gasteiger charge is 2.55. The first-order chi connectivity index (χ1) is 29.6. The second-order valence-corrected chi connectivity index (χ2v) is 16.9. The van der Waals surface area contributed by atoms with Crippen molar-refractivity contribution in [3.05, 3.63) is 280 Å². The van der Waals surface area contributed by atoms with Gasteiger partial charge in [0.25, 0.3) is 0 Å². The summed E-state index contributed by atoms with van der Waals surface area (Å²) in [7, 11) is 0. The van der Waals surface area contributed by atoms with Gasteiger partial charge in [-0.3, -0.25) is 0 Å². The average molecular weight is 767 g/mol. The fourth-order valence-corrected chi connectivity index (χ4v) is 10.9. The Morgan fingerprint density at radius 3 is 1.45 bits per heavy atom. The highest BCUT2D eigenvalue weighted by atomic mass is 14.6. The third-order valence-electron chi connectivity index (χ3n) is 13.4. The van der Waals surface area contributed by atoms with Crippen molar-refractivity contribution in [1.29, 1.82) is 0 Å². The van der Waals surface area contributed by atoms with Crippen molar-refractivity contribution in [1.82, 2.24) is 0 Å². The molecule has 0 heterocycles. The van der Waals surface area contributed by atoms with Crippen LogP contribution in [0.5, 0.6) is 0 Å². The summed E-state index contributed by atoms with van der Waals surface area (Å²) in [5.74, 6) is 0.0689. The van der Waals surface area contributed by atoms with Crippen molar-refractivity contribution in [2.24, 2.45) is 0 Å². The molecule has 0 nitrogen and oxygen atoms in total. The van der Waals surface area contributed by atoms with Gasteiger partial charge in [0.1, 0.15) is 0 Å². The molecule has 9 aromatic carbocycles. The standard InChI is InChI=1S/C60H46/c1-41-35-55-51(48-32-31-46-21-14-15-22-47(46)40-48)27-16-28-54(55)58(41)60(49-23-10-4-11-24-49,50-25-12-5-13-26-50)59-56-38-44(36-42-17-6-2-7-18-42)29-33-52(56)53-34-30-45(39-57(53)59)37-43-19-8-3-9-20-43/h2-35,38-40,58-59H,36-37H2,1H3.